The van der Waals surface area contributed by atoms with E-state index >= 15 is 0 Å². The van der Waals surface area contributed by atoms with Crippen molar-refractivity contribution in [3.05, 3.63) is 90.4 Å². The lowest BCUT2D eigenvalue weighted by atomic mass is 10.0. The summed E-state index contributed by atoms with van der Waals surface area (Å²) < 4.78 is 21.1. The first-order chi connectivity index (χ1) is 14.5. The normalized spacial score (nSPS) is 13.0. The number of nitrogens with one attached hydrogen (secondary N) is 1. The summed E-state index contributed by atoms with van der Waals surface area (Å²) in [6.45, 7) is 1.76. The largest absolute Gasteiger partial charge is 0.484 e. The Morgan fingerprint density at radius 3 is 2.53 bits per heavy atom. The first-order valence-electron chi connectivity index (χ1n) is 9.46. The first kappa shape index (κ1) is 19.4. The Bertz CT molecular complexity index is 1160. The minimum absolute atomic E-state index is 0.304. The molecule has 1 aromatic heterocycles. The predicted octanol–water partition coefficient (Wildman–Crippen LogP) is 4.94. The zero-order valence-corrected chi connectivity index (χ0v) is 16.2. The SMILES string of the molecule is C[C@H](NC(=O)O)[C@@H](Oc1ccc2c(cnn2-c2ccc(F)cc2)c1)c1ccccc1. The number of aromatic nitrogens is 2. The van der Waals surface area contributed by atoms with Gasteiger partial charge in [-0.1, -0.05) is 30.3 Å². The third kappa shape index (κ3) is 4.10. The van der Waals surface area contributed by atoms with Crippen molar-refractivity contribution >= 4 is 17.0 Å². The molecule has 3 aromatic carbocycles. The van der Waals surface area contributed by atoms with Crippen LogP contribution in [0.4, 0.5) is 9.18 Å². The van der Waals surface area contributed by atoms with Gasteiger partial charge in [0.2, 0.25) is 0 Å². The molecule has 4 rings (SSSR count). The Balaban J connectivity index is 1.64. The number of hydrogen-bond donors (Lipinski definition) is 2. The predicted molar refractivity (Wildman–Crippen MR) is 111 cm³/mol. The number of nitrogens with zero attached hydrogens (tertiary/aromatic N) is 2. The second-order valence-electron chi connectivity index (χ2n) is 6.94. The molecule has 152 valence electrons. The minimum atomic E-state index is -1.11. The molecule has 0 aliphatic rings. The number of carbonyl (C=O) groups is 1. The smallest absolute Gasteiger partial charge is 0.405 e. The first-order valence-corrected chi connectivity index (χ1v) is 9.46. The standard InChI is InChI=1S/C23H20FN3O3/c1-15(26-23(28)29)22(16-5-3-2-4-6-16)30-20-11-12-21-17(13-20)14-25-27(21)19-9-7-18(24)8-10-19/h2-15,22,26H,1H3,(H,28,29)/t15-,22+/m0/s1. The van der Waals surface area contributed by atoms with E-state index in [-0.39, 0.29) is 5.82 Å². The molecule has 2 N–H and O–H groups in total. The van der Waals surface area contributed by atoms with Gasteiger partial charge in [0.15, 0.2) is 0 Å². The maximum atomic E-state index is 13.2. The molecule has 6 nitrogen and oxygen atoms in total. The van der Waals surface area contributed by atoms with Gasteiger partial charge in [-0.15, -0.1) is 0 Å². The molecule has 0 spiro atoms. The van der Waals surface area contributed by atoms with Crippen LogP contribution < -0.4 is 10.1 Å². The topological polar surface area (TPSA) is 76.4 Å². The maximum absolute atomic E-state index is 13.2. The van der Waals surface area contributed by atoms with Gasteiger partial charge in [-0.25, -0.2) is 13.9 Å². The summed E-state index contributed by atoms with van der Waals surface area (Å²) in [7, 11) is 0. The van der Waals surface area contributed by atoms with Gasteiger partial charge in [0.1, 0.15) is 17.7 Å². The van der Waals surface area contributed by atoms with Crippen molar-refractivity contribution in [2.45, 2.75) is 19.1 Å². The summed E-state index contributed by atoms with van der Waals surface area (Å²) in [6, 6.07) is 20.6. The third-order valence-corrected chi connectivity index (χ3v) is 4.81. The quantitative estimate of drug-likeness (QED) is 0.476. The minimum Gasteiger partial charge on any atom is -0.484 e. The van der Waals surface area contributed by atoms with E-state index < -0.39 is 18.2 Å². The van der Waals surface area contributed by atoms with Crippen molar-refractivity contribution < 1.29 is 19.0 Å². The van der Waals surface area contributed by atoms with E-state index in [1.54, 1.807) is 29.9 Å². The van der Waals surface area contributed by atoms with E-state index in [4.69, 9.17) is 9.84 Å². The molecule has 0 fully saturated rings. The maximum Gasteiger partial charge on any atom is 0.405 e. The van der Waals surface area contributed by atoms with Crippen LogP contribution in [0.3, 0.4) is 0 Å². The molecule has 4 aromatic rings. The van der Waals surface area contributed by atoms with E-state index in [1.165, 1.54) is 12.1 Å². The molecule has 0 aliphatic heterocycles. The third-order valence-electron chi connectivity index (χ3n) is 4.81. The average Bonchev–Trinajstić information content (AvgIpc) is 3.16. The summed E-state index contributed by atoms with van der Waals surface area (Å²) in [4.78, 5) is 11.1. The zero-order valence-electron chi connectivity index (χ0n) is 16.2. The highest BCUT2D eigenvalue weighted by Crippen LogP contribution is 2.29. The van der Waals surface area contributed by atoms with Crippen LogP contribution in [0, 0.1) is 5.82 Å². The van der Waals surface area contributed by atoms with E-state index in [0.717, 1.165) is 22.2 Å². The molecule has 0 radical (unpaired) electrons. The van der Waals surface area contributed by atoms with E-state index in [2.05, 4.69) is 10.4 Å². The fraction of sp³-hybridized carbons (Fsp3) is 0.130. The molecule has 0 bridgehead atoms. The molecular weight excluding hydrogens is 385 g/mol. The van der Waals surface area contributed by atoms with Crippen LogP contribution in [0.2, 0.25) is 0 Å². The molecule has 0 saturated heterocycles. The Labute approximate surface area is 172 Å². The molecule has 0 saturated carbocycles. The number of carboxylic acid groups (broad SMARTS) is 1. The van der Waals surface area contributed by atoms with Crippen molar-refractivity contribution in [2.24, 2.45) is 0 Å². The number of benzene rings is 3. The van der Waals surface area contributed by atoms with Crippen LogP contribution in [0.15, 0.2) is 79.0 Å². The molecule has 0 aliphatic carbocycles. The lowest BCUT2D eigenvalue weighted by molar-refractivity contribution is 0.146. The van der Waals surface area contributed by atoms with Crippen LogP contribution in [-0.4, -0.2) is 27.0 Å². The van der Waals surface area contributed by atoms with Gasteiger partial charge in [0.25, 0.3) is 0 Å². The molecule has 7 heteroatoms. The Morgan fingerprint density at radius 2 is 1.83 bits per heavy atom. The molecule has 0 unspecified atom stereocenters. The highest BCUT2D eigenvalue weighted by molar-refractivity contribution is 5.81. The molecule has 1 heterocycles. The van der Waals surface area contributed by atoms with E-state index in [9.17, 15) is 9.18 Å². The summed E-state index contributed by atoms with van der Waals surface area (Å²) in [5.74, 6) is 0.288. The number of halogens is 1. The zero-order chi connectivity index (χ0) is 21.1. The lowest BCUT2D eigenvalue weighted by Gasteiger charge is -2.25. The van der Waals surface area contributed by atoms with Crippen LogP contribution in [0.5, 0.6) is 5.75 Å². The Morgan fingerprint density at radius 1 is 1.10 bits per heavy atom. The number of rotatable bonds is 6. The second-order valence-corrected chi connectivity index (χ2v) is 6.94. The van der Waals surface area contributed by atoms with Crippen LogP contribution >= 0.6 is 0 Å². The lowest BCUT2D eigenvalue weighted by Crippen LogP contribution is -2.38. The van der Waals surface area contributed by atoms with Gasteiger partial charge in [-0.2, -0.15) is 5.10 Å². The van der Waals surface area contributed by atoms with Crippen molar-refractivity contribution in [1.29, 1.82) is 0 Å². The summed E-state index contributed by atoms with van der Waals surface area (Å²) in [5, 5.41) is 16.8. The van der Waals surface area contributed by atoms with Gasteiger partial charge >= 0.3 is 6.09 Å². The average molecular weight is 405 g/mol. The Hall–Kier alpha value is -3.87. The van der Waals surface area contributed by atoms with Gasteiger partial charge in [0, 0.05) is 5.39 Å². The van der Waals surface area contributed by atoms with Crippen LogP contribution in [-0.2, 0) is 0 Å². The fourth-order valence-corrected chi connectivity index (χ4v) is 3.39. The molecule has 1 amide bonds. The summed E-state index contributed by atoms with van der Waals surface area (Å²) >= 11 is 0. The Kier molecular flexibility index (Phi) is 5.34. The van der Waals surface area contributed by atoms with Crippen LogP contribution in [0.1, 0.15) is 18.6 Å². The van der Waals surface area contributed by atoms with E-state index in [1.807, 2.05) is 48.5 Å². The highest BCUT2D eigenvalue weighted by Gasteiger charge is 2.23. The van der Waals surface area contributed by atoms with Gasteiger partial charge in [-0.05, 0) is 55.0 Å². The van der Waals surface area contributed by atoms with Crippen molar-refractivity contribution in [2.75, 3.05) is 0 Å². The molecular formula is C23H20FN3O3. The van der Waals surface area contributed by atoms with Crippen molar-refractivity contribution in [1.82, 2.24) is 15.1 Å². The summed E-state index contributed by atoms with van der Waals surface area (Å²) in [5.41, 5.74) is 2.46. The second kappa shape index (κ2) is 8.24. The van der Waals surface area contributed by atoms with Gasteiger partial charge in [-0.3, -0.25) is 0 Å². The van der Waals surface area contributed by atoms with Gasteiger partial charge in [0.05, 0.1) is 23.4 Å². The molecule has 30 heavy (non-hydrogen) atoms. The summed E-state index contributed by atoms with van der Waals surface area (Å²) in [6.07, 6.45) is 0.0945. The number of ether oxygens (including phenoxy) is 1. The van der Waals surface area contributed by atoms with Crippen LogP contribution in [0.25, 0.3) is 16.6 Å². The van der Waals surface area contributed by atoms with E-state index in [0.29, 0.717) is 5.75 Å². The van der Waals surface area contributed by atoms with Gasteiger partial charge < -0.3 is 15.2 Å². The van der Waals surface area contributed by atoms with Crippen molar-refractivity contribution in [3.8, 4) is 11.4 Å². The number of hydrogen-bond acceptors (Lipinski definition) is 3. The van der Waals surface area contributed by atoms with Crippen molar-refractivity contribution in [3.63, 3.8) is 0 Å². The highest BCUT2D eigenvalue weighted by atomic mass is 19.1. The number of amides is 1. The molecule has 2 atom stereocenters. The number of fused-ring (bicyclic) bond motifs is 1. The fourth-order valence-electron chi connectivity index (χ4n) is 3.39. The monoisotopic (exact) mass is 405 g/mol.